The predicted molar refractivity (Wildman–Crippen MR) is 101 cm³/mol. The van der Waals surface area contributed by atoms with Gasteiger partial charge in [0, 0.05) is 0 Å². The largest absolute Gasteiger partial charge is 0.508 e. The number of benzene rings is 2. The molecule has 130 valence electrons. The zero-order valence-corrected chi connectivity index (χ0v) is 15.0. The zero-order valence-electron chi connectivity index (χ0n) is 15.0. The van der Waals surface area contributed by atoms with Gasteiger partial charge in [0.1, 0.15) is 11.5 Å². The van der Waals surface area contributed by atoms with Crippen LogP contribution in [0.25, 0.3) is 0 Å². The van der Waals surface area contributed by atoms with Gasteiger partial charge in [-0.25, -0.2) is 0 Å². The summed E-state index contributed by atoms with van der Waals surface area (Å²) in [6, 6.07) is 11.6. The summed E-state index contributed by atoms with van der Waals surface area (Å²) in [5.41, 5.74) is 4.60. The molecule has 2 rings (SSSR count). The number of rotatable bonds is 9. The van der Waals surface area contributed by atoms with Crippen LogP contribution in [-0.4, -0.2) is 10.2 Å². The Kier molecular flexibility index (Phi) is 7.17. The summed E-state index contributed by atoms with van der Waals surface area (Å²) >= 11 is 0. The van der Waals surface area contributed by atoms with E-state index in [2.05, 4.69) is 12.1 Å². The minimum absolute atomic E-state index is 0.412. The SMILES string of the molecule is Cc1c(O)cccc1CCCCCCCCc1cccc(O)c1C. The summed E-state index contributed by atoms with van der Waals surface area (Å²) in [4.78, 5) is 0. The standard InChI is InChI=1S/C22H30O2/c1-17-19(13-9-15-21(17)23)11-7-5-3-4-6-8-12-20-14-10-16-22(24)18(20)2/h9-10,13-16,23-24H,3-8,11-12H2,1-2H3. The number of unbranched alkanes of at least 4 members (excludes halogenated alkanes) is 5. The second-order valence-corrected chi connectivity index (χ2v) is 6.74. The number of hydrogen-bond acceptors (Lipinski definition) is 2. The van der Waals surface area contributed by atoms with Crippen LogP contribution in [0, 0.1) is 13.8 Å². The fraction of sp³-hybridized carbons (Fsp3) is 0.455. The smallest absolute Gasteiger partial charge is 0.118 e. The van der Waals surface area contributed by atoms with Gasteiger partial charge in [-0.1, -0.05) is 49.9 Å². The van der Waals surface area contributed by atoms with Gasteiger partial charge < -0.3 is 10.2 Å². The second kappa shape index (κ2) is 9.36. The Morgan fingerprint density at radius 2 is 0.958 bits per heavy atom. The lowest BCUT2D eigenvalue weighted by atomic mass is 9.99. The maximum atomic E-state index is 9.71. The summed E-state index contributed by atoms with van der Waals surface area (Å²) in [5.74, 6) is 0.824. The number of phenolic OH excluding ortho intramolecular Hbond substituents is 2. The van der Waals surface area contributed by atoms with Crippen LogP contribution in [0.1, 0.15) is 60.8 Å². The fourth-order valence-electron chi connectivity index (χ4n) is 3.22. The molecule has 2 heteroatoms. The number of hydrogen-bond donors (Lipinski definition) is 2. The minimum Gasteiger partial charge on any atom is -0.508 e. The lowest BCUT2D eigenvalue weighted by Gasteiger charge is -2.08. The van der Waals surface area contributed by atoms with Gasteiger partial charge in [0.05, 0.1) is 0 Å². The lowest BCUT2D eigenvalue weighted by molar-refractivity contribution is 0.469. The van der Waals surface area contributed by atoms with Crippen molar-refractivity contribution < 1.29 is 10.2 Å². The summed E-state index contributed by atoms with van der Waals surface area (Å²) in [6.45, 7) is 3.99. The molecule has 0 aliphatic heterocycles. The first kappa shape index (κ1) is 18.4. The van der Waals surface area contributed by atoms with E-state index in [0.29, 0.717) is 11.5 Å². The van der Waals surface area contributed by atoms with Gasteiger partial charge in [-0.3, -0.25) is 0 Å². The van der Waals surface area contributed by atoms with Crippen molar-refractivity contribution >= 4 is 0 Å². The lowest BCUT2D eigenvalue weighted by Crippen LogP contribution is -1.92. The molecule has 0 aliphatic carbocycles. The Hall–Kier alpha value is -1.96. The first-order chi connectivity index (χ1) is 11.6. The molecule has 0 bridgehead atoms. The van der Waals surface area contributed by atoms with Crippen molar-refractivity contribution in [2.45, 2.75) is 65.2 Å². The Morgan fingerprint density at radius 3 is 1.38 bits per heavy atom. The highest BCUT2D eigenvalue weighted by Gasteiger charge is 2.03. The Labute approximate surface area is 146 Å². The molecule has 0 aliphatic rings. The van der Waals surface area contributed by atoms with Crippen molar-refractivity contribution in [3.05, 3.63) is 58.7 Å². The van der Waals surface area contributed by atoms with Crippen molar-refractivity contribution in [3.8, 4) is 11.5 Å². The molecule has 2 aromatic rings. The van der Waals surface area contributed by atoms with Crippen molar-refractivity contribution in [1.82, 2.24) is 0 Å². The third-order valence-electron chi connectivity index (χ3n) is 4.98. The van der Waals surface area contributed by atoms with Crippen LogP contribution in [0.2, 0.25) is 0 Å². The monoisotopic (exact) mass is 326 g/mol. The molecule has 0 amide bonds. The van der Waals surface area contributed by atoms with Crippen LogP contribution >= 0.6 is 0 Å². The molecule has 0 spiro atoms. The summed E-state index contributed by atoms with van der Waals surface area (Å²) < 4.78 is 0. The van der Waals surface area contributed by atoms with Crippen LogP contribution in [0.15, 0.2) is 36.4 Å². The first-order valence-electron chi connectivity index (χ1n) is 9.14. The van der Waals surface area contributed by atoms with E-state index < -0.39 is 0 Å². The van der Waals surface area contributed by atoms with E-state index in [1.807, 2.05) is 26.0 Å². The summed E-state index contributed by atoms with van der Waals surface area (Å²) in [7, 11) is 0. The van der Waals surface area contributed by atoms with E-state index >= 15 is 0 Å². The summed E-state index contributed by atoms with van der Waals surface area (Å²) in [6.07, 6.45) is 9.55. The van der Waals surface area contributed by atoms with Gasteiger partial charge >= 0.3 is 0 Å². The van der Waals surface area contributed by atoms with E-state index in [4.69, 9.17) is 0 Å². The van der Waals surface area contributed by atoms with Gasteiger partial charge in [0.2, 0.25) is 0 Å². The molecule has 2 N–H and O–H groups in total. The molecule has 0 fully saturated rings. The van der Waals surface area contributed by atoms with Crippen LogP contribution in [0.3, 0.4) is 0 Å². The van der Waals surface area contributed by atoms with E-state index in [9.17, 15) is 10.2 Å². The van der Waals surface area contributed by atoms with Crippen LogP contribution in [0.4, 0.5) is 0 Å². The molecule has 0 heterocycles. The number of aromatic hydroxyl groups is 2. The van der Waals surface area contributed by atoms with Crippen LogP contribution < -0.4 is 0 Å². The van der Waals surface area contributed by atoms with Crippen LogP contribution in [0.5, 0.6) is 11.5 Å². The van der Waals surface area contributed by atoms with Gasteiger partial charge in [-0.15, -0.1) is 0 Å². The summed E-state index contributed by atoms with van der Waals surface area (Å²) in [5, 5.41) is 19.4. The average molecular weight is 326 g/mol. The highest BCUT2D eigenvalue weighted by atomic mass is 16.3. The molecule has 0 unspecified atom stereocenters. The predicted octanol–water partition coefficient (Wildman–Crippen LogP) is 5.84. The fourth-order valence-corrected chi connectivity index (χ4v) is 3.22. The van der Waals surface area contributed by atoms with Crippen molar-refractivity contribution in [2.24, 2.45) is 0 Å². The molecular weight excluding hydrogens is 296 g/mol. The molecule has 0 atom stereocenters. The van der Waals surface area contributed by atoms with Crippen molar-refractivity contribution in [3.63, 3.8) is 0 Å². The molecule has 2 nitrogen and oxygen atoms in total. The van der Waals surface area contributed by atoms with Gasteiger partial charge in [-0.2, -0.15) is 0 Å². The topological polar surface area (TPSA) is 40.5 Å². The molecule has 0 radical (unpaired) electrons. The maximum Gasteiger partial charge on any atom is 0.118 e. The minimum atomic E-state index is 0.412. The highest BCUT2D eigenvalue weighted by molar-refractivity contribution is 5.38. The van der Waals surface area contributed by atoms with Gasteiger partial charge in [0.15, 0.2) is 0 Å². The molecule has 0 saturated carbocycles. The molecule has 24 heavy (non-hydrogen) atoms. The van der Waals surface area contributed by atoms with Crippen LogP contribution in [-0.2, 0) is 12.8 Å². The highest BCUT2D eigenvalue weighted by Crippen LogP contribution is 2.23. The van der Waals surface area contributed by atoms with Crippen molar-refractivity contribution in [1.29, 1.82) is 0 Å². The quantitative estimate of drug-likeness (QED) is 0.568. The Bertz CT molecular complexity index is 589. The van der Waals surface area contributed by atoms with Gasteiger partial charge in [-0.05, 0) is 73.9 Å². The average Bonchev–Trinajstić information content (AvgIpc) is 2.57. The third kappa shape index (κ3) is 5.30. The molecule has 2 aromatic carbocycles. The maximum absolute atomic E-state index is 9.71. The van der Waals surface area contributed by atoms with Crippen molar-refractivity contribution in [2.75, 3.05) is 0 Å². The molecule has 0 aromatic heterocycles. The number of phenols is 2. The normalized spacial score (nSPS) is 10.9. The molecule has 0 saturated heterocycles. The Balaban J connectivity index is 1.57. The van der Waals surface area contributed by atoms with E-state index in [0.717, 1.165) is 24.0 Å². The Morgan fingerprint density at radius 1 is 0.583 bits per heavy atom. The van der Waals surface area contributed by atoms with Gasteiger partial charge in [0.25, 0.3) is 0 Å². The molecular formula is C22H30O2. The second-order valence-electron chi connectivity index (χ2n) is 6.74. The first-order valence-corrected chi connectivity index (χ1v) is 9.14. The van der Waals surface area contributed by atoms with E-state index in [1.54, 1.807) is 12.1 Å². The third-order valence-corrected chi connectivity index (χ3v) is 4.98. The zero-order chi connectivity index (χ0) is 17.4. The number of aryl methyl sites for hydroxylation is 2. The van der Waals surface area contributed by atoms with E-state index in [-0.39, 0.29) is 0 Å². The van der Waals surface area contributed by atoms with E-state index in [1.165, 1.54) is 49.7 Å².